The molecule has 26 heavy (non-hydrogen) atoms. The van der Waals surface area contributed by atoms with Gasteiger partial charge in [-0.15, -0.1) is 0 Å². The fraction of sp³-hybridized carbons (Fsp3) is 0.250. The molecule has 0 atom stereocenters. The lowest BCUT2D eigenvalue weighted by atomic mass is 10.2. The van der Waals surface area contributed by atoms with Crippen LogP contribution in [0.1, 0.15) is 20.7 Å². The van der Waals surface area contributed by atoms with Gasteiger partial charge in [0.05, 0.1) is 16.0 Å². The molecule has 2 aromatic rings. The van der Waals surface area contributed by atoms with E-state index in [1.165, 1.54) is 47.3 Å². The van der Waals surface area contributed by atoms with E-state index in [2.05, 4.69) is 9.97 Å². The third-order valence-corrected chi connectivity index (χ3v) is 5.99. The molecule has 1 aromatic carbocycles. The topological polar surface area (TPSA) is 121 Å². The minimum atomic E-state index is -3.74. The van der Waals surface area contributed by atoms with Crippen molar-refractivity contribution in [3.05, 3.63) is 54.1 Å². The third kappa shape index (κ3) is 3.55. The van der Waals surface area contributed by atoms with Crippen molar-refractivity contribution in [3.8, 4) is 0 Å². The molecule has 10 heteroatoms. The summed E-state index contributed by atoms with van der Waals surface area (Å²) in [5.74, 6) is -1.36. The Morgan fingerprint density at radius 1 is 0.923 bits per heavy atom. The Kier molecular flexibility index (Phi) is 4.96. The molecule has 2 heterocycles. The van der Waals surface area contributed by atoms with Gasteiger partial charge in [-0.3, -0.25) is 4.79 Å². The second kappa shape index (κ2) is 7.18. The fourth-order valence-electron chi connectivity index (χ4n) is 2.64. The van der Waals surface area contributed by atoms with Crippen molar-refractivity contribution in [2.45, 2.75) is 4.90 Å². The van der Waals surface area contributed by atoms with Gasteiger partial charge in [0.2, 0.25) is 10.0 Å². The summed E-state index contributed by atoms with van der Waals surface area (Å²) in [7, 11) is -3.74. The standard InChI is InChI=1S/C16H16N4O5S/c21-15(13-9-17-11-18-10-13)19-5-7-20(8-6-19)26(24,25)14-3-1-12(2-4-14)16(22)23/h1-4,9-11H,5-8H2,(H,22,23). The van der Waals surface area contributed by atoms with E-state index >= 15 is 0 Å². The van der Waals surface area contributed by atoms with Gasteiger partial charge >= 0.3 is 5.97 Å². The number of amides is 1. The normalized spacial score (nSPS) is 15.6. The molecular formula is C16H16N4O5S. The van der Waals surface area contributed by atoms with Gasteiger partial charge in [-0.1, -0.05) is 0 Å². The van der Waals surface area contributed by atoms with E-state index in [4.69, 9.17) is 5.11 Å². The van der Waals surface area contributed by atoms with Crippen LogP contribution in [0.3, 0.4) is 0 Å². The molecule has 0 spiro atoms. The average Bonchev–Trinajstić information content (AvgIpc) is 2.68. The first-order valence-corrected chi connectivity index (χ1v) is 9.21. The van der Waals surface area contributed by atoms with Crippen molar-refractivity contribution in [2.75, 3.05) is 26.2 Å². The average molecular weight is 376 g/mol. The van der Waals surface area contributed by atoms with Gasteiger partial charge in [0.15, 0.2) is 0 Å². The number of piperazine rings is 1. The second-order valence-electron chi connectivity index (χ2n) is 5.65. The Morgan fingerprint density at radius 2 is 1.50 bits per heavy atom. The monoisotopic (exact) mass is 376 g/mol. The molecule has 0 saturated carbocycles. The van der Waals surface area contributed by atoms with E-state index in [0.717, 1.165) is 0 Å². The maximum atomic E-state index is 12.7. The van der Waals surface area contributed by atoms with Gasteiger partial charge in [-0.2, -0.15) is 4.31 Å². The van der Waals surface area contributed by atoms with Crippen molar-refractivity contribution >= 4 is 21.9 Å². The highest BCUT2D eigenvalue weighted by molar-refractivity contribution is 7.89. The summed E-state index contributed by atoms with van der Waals surface area (Å²) in [4.78, 5) is 32.4. The lowest BCUT2D eigenvalue weighted by Gasteiger charge is -2.34. The summed E-state index contributed by atoms with van der Waals surface area (Å²) in [5, 5.41) is 8.90. The molecule has 0 aliphatic carbocycles. The lowest BCUT2D eigenvalue weighted by Crippen LogP contribution is -2.50. The Labute approximate surface area is 150 Å². The molecule has 3 rings (SSSR count). The van der Waals surface area contributed by atoms with E-state index in [-0.39, 0.29) is 42.5 Å². The molecule has 9 nitrogen and oxygen atoms in total. The molecule has 1 saturated heterocycles. The highest BCUT2D eigenvalue weighted by Crippen LogP contribution is 2.19. The number of aromatic nitrogens is 2. The predicted molar refractivity (Wildman–Crippen MR) is 90.1 cm³/mol. The number of carboxylic acid groups (broad SMARTS) is 1. The number of hydrogen-bond acceptors (Lipinski definition) is 6. The molecule has 1 amide bonds. The van der Waals surface area contributed by atoms with Crippen molar-refractivity contribution in [2.24, 2.45) is 0 Å². The number of rotatable bonds is 4. The fourth-order valence-corrected chi connectivity index (χ4v) is 4.06. The van der Waals surface area contributed by atoms with Gasteiger partial charge in [-0.25, -0.2) is 23.2 Å². The van der Waals surface area contributed by atoms with Gasteiger partial charge in [0.25, 0.3) is 5.91 Å². The number of carboxylic acids is 1. The van der Waals surface area contributed by atoms with Gasteiger partial charge in [0.1, 0.15) is 6.33 Å². The molecule has 1 fully saturated rings. The van der Waals surface area contributed by atoms with Crippen molar-refractivity contribution in [1.82, 2.24) is 19.2 Å². The molecular weight excluding hydrogens is 360 g/mol. The number of aromatic carboxylic acids is 1. The first kappa shape index (κ1) is 18.0. The highest BCUT2D eigenvalue weighted by Gasteiger charge is 2.30. The van der Waals surface area contributed by atoms with Crippen LogP contribution in [0, 0.1) is 0 Å². The van der Waals surface area contributed by atoms with E-state index in [9.17, 15) is 18.0 Å². The van der Waals surface area contributed by atoms with Crippen LogP contribution in [0.15, 0.2) is 47.9 Å². The van der Waals surface area contributed by atoms with E-state index in [0.29, 0.717) is 5.56 Å². The summed E-state index contributed by atoms with van der Waals surface area (Å²) in [6.45, 7) is 0.811. The van der Waals surface area contributed by atoms with Crippen LogP contribution < -0.4 is 0 Å². The maximum Gasteiger partial charge on any atom is 0.335 e. The largest absolute Gasteiger partial charge is 0.478 e. The second-order valence-corrected chi connectivity index (χ2v) is 7.59. The van der Waals surface area contributed by atoms with Crippen LogP contribution >= 0.6 is 0 Å². The van der Waals surface area contributed by atoms with Crippen LogP contribution in [0.25, 0.3) is 0 Å². The van der Waals surface area contributed by atoms with Gasteiger partial charge in [0, 0.05) is 38.6 Å². The molecule has 0 unspecified atom stereocenters. The van der Waals surface area contributed by atoms with Gasteiger partial charge in [-0.05, 0) is 24.3 Å². The van der Waals surface area contributed by atoms with Crippen molar-refractivity contribution in [1.29, 1.82) is 0 Å². The number of carbonyl (C=O) groups excluding carboxylic acids is 1. The van der Waals surface area contributed by atoms with Crippen LogP contribution in [0.4, 0.5) is 0 Å². The lowest BCUT2D eigenvalue weighted by molar-refractivity contribution is 0.0689. The first-order valence-electron chi connectivity index (χ1n) is 7.77. The van der Waals surface area contributed by atoms with E-state index < -0.39 is 16.0 Å². The summed E-state index contributed by atoms with van der Waals surface area (Å²) in [5.41, 5.74) is 0.373. The number of hydrogen-bond donors (Lipinski definition) is 1. The molecule has 1 aliphatic rings. The quantitative estimate of drug-likeness (QED) is 0.816. The van der Waals surface area contributed by atoms with Crippen molar-refractivity contribution < 1.29 is 23.1 Å². The van der Waals surface area contributed by atoms with Crippen LogP contribution in [-0.2, 0) is 10.0 Å². The Balaban J connectivity index is 1.68. The number of benzene rings is 1. The zero-order valence-corrected chi connectivity index (χ0v) is 14.5. The Hall–Kier alpha value is -2.85. The number of carbonyl (C=O) groups is 2. The summed E-state index contributed by atoms with van der Waals surface area (Å²) in [6, 6.07) is 5.06. The SMILES string of the molecule is O=C(O)c1ccc(S(=O)(=O)N2CCN(C(=O)c3cncnc3)CC2)cc1. The predicted octanol–water partition coefficient (Wildman–Crippen LogP) is 0.321. The minimum absolute atomic E-state index is 0.0180. The molecule has 0 radical (unpaired) electrons. The Morgan fingerprint density at radius 3 is 2.04 bits per heavy atom. The molecule has 1 aliphatic heterocycles. The van der Waals surface area contributed by atoms with E-state index in [1.54, 1.807) is 4.90 Å². The van der Waals surface area contributed by atoms with Crippen LogP contribution in [0.5, 0.6) is 0 Å². The summed E-state index contributed by atoms with van der Waals surface area (Å²) < 4.78 is 26.6. The van der Waals surface area contributed by atoms with Gasteiger partial charge < -0.3 is 10.0 Å². The molecule has 1 aromatic heterocycles. The molecule has 0 bridgehead atoms. The third-order valence-electron chi connectivity index (χ3n) is 4.07. The Bertz CT molecular complexity index is 907. The smallest absolute Gasteiger partial charge is 0.335 e. The summed E-state index contributed by atoms with van der Waals surface area (Å²) in [6.07, 6.45) is 4.17. The number of nitrogens with zero attached hydrogens (tertiary/aromatic N) is 4. The van der Waals surface area contributed by atoms with Crippen LogP contribution in [-0.4, -0.2) is 70.8 Å². The van der Waals surface area contributed by atoms with E-state index in [1.807, 2.05) is 0 Å². The minimum Gasteiger partial charge on any atom is -0.478 e. The zero-order valence-electron chi connectivity index (χ0n) is 13.6. The van der Waals surface area contributed by atoms with Crippen LogP contribution in [0.2, 0.25) is 0 Å². The zero-order chi connectivity index (χ0) is 18.7. The molecule has 136 valence electrons. The molecule has 1 N–H and O–H groups in total. The maximum absolute atomic E-state index is 12.7. The van der Waals surface area contributed by atoms with Crippen molar-refractivity contribution in [3.63, 3.8) is 0 Å². The first-order chi connectivity index (χ1) is 12.4. The summed E-state index contributed by atoms with van der Waals surface area (Å²) >= 11 is 0. The highest BCUT2D eigenvalue weighted by atomic mass is 32.2. The number of sulfonamides is 1.